The number of aliphatic hydroxyl groups is 2. The molecule has 7 atom stereocenters. The van der Waals surface area contributed by atoms with Crippen molar-refractivity contribution < 1.29 is 48.6 Å². The largest absolute Gasteiger partial charge is 0.394 e. The molecular weight excluding hydrogens is 740 g/mol. The molecule has 0 aliphatic heterocycles. The Morgan fingerprint density at radius 3 is 1.75 bits per heavy atom. The molecule has 7 unspecified atom stereocenters. The highest BCUT2D eigenvalue weighted by atomic mass is 16.3. The molecule has 18 nitrogen and oxygen atoms in total. The number of aliphatic hydroxyl groups excluding tert-OH is 2. The summed E-state index contributed by atoms with van der Waals surface area (Å²) in [7, 11) is 1.19. The first-order chi connectivity index (χ1) is 26.9. The van der Waals surface area contributed by atoms with Crippen molar-refractivity contribution in [2.45, 2.75) is 161 Å². The summed E-state index contributed by atoms with van der Waals surface area (Å²) >= 11 is 0. The van der Waals surface area contributed by atoms with Crippen molar-refractivity contribution in [2.24, 2.45) is 17.6 Å². The predicted octanol–water partition coefficient (Wildman–Crippen LogP) is -0.124. The minimum atomic E-state index is -1.70. The number of amides is 7. The van der Waals surface area contributed by atoms with E-state index in [1.54, 1.807) is 0 Å². The fourth-order valence-corrected chi connectivity index (χ4v) is 5.81. The zero-order valence-electron chi connectivity index (χ0n) is 35.2. The van der Waals surface area contributed by atoms with Gasteiger partial charge in [-0.2, -0.15) is 0 Å². The third-order valence-electron chi connectivity index (χ3n) is 9.86. The van der Waals surface area contributed by atoms with E-state index in [1.165, 1.54) is 65.8 Å². The molecule has 0 aliphatic rings. The molecule has 57 heavy (non-hydrogen) atoms. The van der Waals surface area contributed by atoms with E-state index in [9.17, 15) is 48.6 Å². The van der Waals surface area contributed by atoms with Crippen molar-refractivity contribution in [3.05, 3.63) is 0 Å². The Labute approximate surface area is 338 Å². The van der Waals surface area contributed by atoms with Gasteiger partial charge in [-0.1, -0.05) is 91.9 Å². The van der Waals surface area contributed by atoms with Crippen LogP contribution in [0.5, 0.6) is 0 Å². The summed E-state index contributed by atoms with van der Waals surface area (Å²) < 4.78 is 0. The monoisotopic (exact) mass is 813 g/mol. The first-order valence-electron chi connectivity index (χ1n) is 20.4. The summed E-state index contributed by atoms with van der Waals surface area (Å²) in [4.78, 5) is 101. The average Bonchev–Trinajstić information content (AvgIpc) is 3.15. The maximum absolute atomic E-state index is 13.1. The highest BCUT2D eigenvalue weighted by molar-refractivity contribution is 5.96. The van der Waals surface area contributed by atoms with E-state index in [0.29, 0.717) is 12.7 Å². The number of nitrogens with one attached hydrogen (secondary N) is 6. The van der Waals surface area contributed by atoms with E-state index in [4.69, 9.17) is 5.73 Å². The first-order valence-corrected chi connectivity index (χ1v) is 20.4. The Balaban J connectivity index is 4.99. The van der Waals surface area contributed by atoms with Crippen molar-refractivity contribution in [3.63, 3.8) is 0 Å². The second-order valence-electron chi connectivity index (χ2n) is 15.1. The molecule has 0 saturated carbocycles. The lowest BCUT2D eigenvalue weighted by molar-refractivity contribution is -0.144. The van der Waals surface area contributed by atoms with E-state index < -0.39 is 90.9 Å². The van der Waals surface area contributed by atoms with E-state index in [2.05, 4.69) is 38.8 Å². The summed E-state index contributed by atoms with van der Waals surface area (Å²) in [5.41, 5.74) is 5.91. The van der Waals surface area contributed by atoms with Gasteiger partial charge in [0.05, 0.1) is 25.8 Å². The molecule has 10 N–H and O–H groups in total. The minimum absolute atomic E-state index is 0.0129. The van der Waals surface area contributed by atoms with Gasteiger partial charge in [0.2, 0.25) is 35.4 Å². The Hall–Kier alpha value is -4.16. The van der Waals surface area contributed by atoms with Gasteiger partial charge in [0.15, 0.2) is 6.17 Å². The van der Waals surface area contributed by atoms with Gasteiger partial charge in [0.1, 0.15) is 30.5 Å². The molecule has 328 valence electrons. The van der Waals surface area contributed by atoms with E-state index in [-0.39, 0.29) is 31.2 Å². The zero-order valence-corrected chi connectivity index (χ0v) is 35.2. The van der Waals surface area contributed by atoms with Crippen molar-refractivity contribution in [1.29, 1.82) is 0 Å². The van der Waals surface area contributed by atoms with Gasteiger partial charge in [0.25, 0.3) is 5.91 Å². The predicted molar refractivity (Wildman–Crippen MR) is 215 cm³/mol. The van der Waals surface area contributed by atoms with Gasteiger partial charge >= 0.3 is 0 Å². The zero-order chi connectivity index (χ0) is 43.5. The Morgan fingerprint density at radius 2 is 1.25 bits per heavy atom. The molecule has 0 radical (unpaired) electrons. The minimum Gasteiger partial charge on any atom is -0.394 e. The fourth-order valence-electron chi connectivity index (χ4n) is 5.81. The summed E-state index contributed by atoms with van der Waals surface area (Å²) in [6.07, 6.45) is 10.1. The van der Waals surface area contributed by atoms with Crippen LogP contribution in [0.25, 0.3) is 0 Å². The van der Waals surface area contributed by atoms with Crippen LogP contribution < -0.4 is 37.6 Å². The fraction of sp³-hybridized carbons (Fsp3) is 0.795. The second-order valence-corrected chi connectivity index (χ2v) is 15.1. The molecule has 0 heterocycles. The van der Waals surface area contributed by atoms with Gasteiger partial charge in [-0.05, 0) is 38.5 Å². The lowest BCUT2D eigenvalue weighted by Gasteiger charge is -2.31. The average molecular weight is 813 g/mol. The van der Waals surface area contributed by atoms with Crippen molar-refractivity contribution >= 4 is 47.6 Å². The number of likely N-dealkylation sites (N-methyl/N-ethyl adjacent to an activating group) is 1. The Bertz CT molecular complexity index is 1270. The third kappa shape index (κ3) is 22.4. The molecule has 0 rings (SSSR count). The number of carbonyl (C=O) groups is 8. The van der Waals surface area contributed by atoms with E-state index in [1.807, 2.05) is 20.8 Å². The SMILES string of the molecule is CCCCCCCCCCCCCC(=O)NC(CO)C(=O)NC(C)C(=O)NCC(=O)N(C)C(C(=O)NC(N)C(=O)NC(CC(C)C(C)C)C(=O)NCC=O)C(C)O. The van der Waals surface area contributed by atoms with Crippen LogP contribution >= 0.6 is 0 Å². The molecule has 0 spiro atoms. The van der Waals surface area contributed by atoms with Crippen LogP contribution in [0.15, 0.2) is 0 Å². The number of hydrogen-bond donors (Lipinski definition) is 9. The summed E-state index contributed by atoms with van der Waals surface area (Å²) in [5, 5.41) is 34.4. The summed E-state index contributed by atoms with van der Waals surface area (Å²) in [6, 6.07) is -5.10. The number of carbonyl (C=O) groups excluding carboxylic acids is 8. The van der Waals surface area contributed by atoms with Crippen LogP contribution in [0.1, 0.15) is 125 Å². The summed E-state index contributed by atoms with van der Waals surface area (Å²) in [6.45, 7) is 8.91. The smallest absolute Gasteiger partial charge is 0.258 e. The molecule has 0 aliphatic carbocycles. The number of aldehydes is 1. The topological polar surface area (TPSA) is 278 Å². The second kappa shape index (κ2) is 30.0. The molecule has 0 aromatic rings. The standard InChI is InChI=1S/C39H72N8O10/c1-8-9-10-11-12-13-14-15-16-17-18-19-31(51)44-30(24-49)37(55)43-27(5)35(53)42-23-32(52)47(7)33(28(6)50)38(56)46-34(40)39(57)45-29(22-26(4)25(2)3)36(54)41-20-21-48/h21,25-30,33-34,49-50H,8-20,22-24,40H2,1-7H3,(H,41,54)(H,42,53)(H,43,55)(H,44,51)(H,45,57)(H,46,56). The van der Waals surface area contributed by atoms with Crippen LogP contribution in [0, 0.1) is 11.8 Å². The molecule has 7 amide bonds. The van der Waals surface area contributed by atoms with Gasteiger partial charge in [0, 0.05) is 13.5 Å². The quantitative estimate of drug-likeness (QED) is 0.0253. The number of unbranched alkanes of at least 4 members (excludes halogenated alkanes) is 10. The van der Waals surface area contributed by atoms with Gasteiger partial charge < -0.3 is 57.5 Å². The number of rotatable bonds is 31. The number of hydrogen-bond acceptors (Lipinski definition) is 11. The maximum Gasteiger partial charge on any atom is 0.258 e. The molecule has 0 aromatic carbocycles. The van der Waals surface area contributed by atoms with Crippen molar-refractivity contribution in [1.82, 2.24) is 36.8 Å². The molecule has 0 saturated heterocycles. The Kier molecular flexibility index (Phi) is 27.8. The number of nitrogens with zero attached hydrogens (tertiary/aromatic N) is 1. The van der Waals surface area contributed by atoms with Crippen LogP contribution in [-0.4, -0.2) is 126 Å². The number of nitrogens with two attached hydrogens (primary N) is 1. The van der Waals surface area contributed by atoms with Gasteiger partial charge in [-0.3, -0.25) is 33.6 Å². The highest BCUT2D eigenvalue weighted by Gasteiger charge is 2.34. The maximum atomic E-state index is 13.1. The van der Waals surface area contributed by atoms with Crippen LogP contribution in [0.3, 0.4) is 0 Å². The van der Waals surface area contributed by atoms with Gasteiger partial charge in [-0.15, -0.1) is 0 Å². The van der Waals surface area contributed by atoms with E-state index in [0.717, 1.165) is 24.2 Å². The van der Waals surface area contributed by atoms with Gasteiger partial charge in [-0.25, -0.2) is 0 Å². The molecule has 0 fully saturated rings. The lowest BCUT2D eigenvalue weighted by Crippen LogP contribution is -2.62. The molecule has 18 heteroatoms. The van der Waals surface area contributed by atoms with Crippen LogP contribution in [0.4, 0.5) is 0 Å². The van der Waals surface area contributed by atoms with E-state index >= 15 is 0 Å². The third-order valence-corrected chi connectivity index (χ3v) is 9.86. The normalized spacial score (nSPS) is 14.8. The van der Waals surface area contributed by atoms with Crippen molar-refractivity contribution in [2.75, 3.05) is 26.7 Å². The summed E-state index contributed by atoms with van der Waals surface area (Å²) in [5.74, 6) is -5.21. The Morgan fingerprint density at radius 1 is 0.684 bits per heavy atom. The molecule has 0 aromatic heterocycles. The van der Waals surface area contributed by atoms with Crippen LogP contribution in [-0.2, 0) is 38.4 Å². The lowest BCUT2D eigenvalue weighted by atomic mass is 9.90. The first kappa shape index (κ1) is 52.8. The highest BCUT2D eigenvalue weighted by Crippen LogP contribution is 2.17. The van der Waals surface area contributed by atoms with Crippen LogP contribution in [0.2, 0.25) is 0 Å². The van der Waals surface area contributed by atoms with Crippen molar-refractivity contribution in [3.8, 4) is 0 Å². The molecular formula is C39H72N8O10. The molecule has 0 bridgehead atoms.